The molecule has 1 fully saturated rings. The first-order valence-corrected chi connectivity index (χ1v) is 7.25. The van der Waals surface area contributed by atoms with E-state index in [0.29, 0.717) is 6.04 Å². The van der Waals surface area contributed by atoms with Crippen molar-refractivity contribution in [1.29, 1.82) is 0 Å². The molecule has 1 aromatic rings. The topological polar surface area (TPSA) is 41.1 Å². The number of aromatic nitrogens is 2. The summed E-state index contributed by atoms with van der Waals surface area (Å²) in [6, 6.07) is 0.669. The molecule has 0 spiro atoms. The summed E-state index contributed by atoms with van der Waals surface area (Å²) in [6.45, 7) is 12.6. The summed E-state index contributed by atoms with van der Waals surface area (Å²) >= 11 is 0. The van der Waals surface area contributed by atoms with Gasteiger partial charge in [0.1, 0.15) is 0 Å². The molecule has 0 amide bonds. The zero-order chi connectivity index (χ0) is 14.0. The van der Waals surface area contributed by atoms with Gasteiger partial charge in [0.05, 0.1) is 0 Å². The van der Waals surface area contributed by atoms with Crippen molar-refractivity contribution in [2.45, 2.75) is 65.6 Å². The van der Waals surface area contributed by atoms with Gasteiger partial charge >= 0.3 is 0 Å². The van der Waals surface area contributed by atoms with Crippen molar-refractivity contribution in [3.8, 4) is 0 Å². The van der Waals surface area contributed by atoms with Crippen molar-refractivity contribution >= 4 is 5.95 Å². The van der Waals surface area contributed by atoms with Crippen molar-refractivity contribution in [3.63, 3.8) is 0 Å². The molecule has 2 rings (SSSR count). The SMILES string of the molecule is CCN(c1ncc(CNC(C)(C)C)c(C)n1)C1CC1. The fourth-order valence-electron chi connectivity index (χ4n) is 2.10. The molecule has 0 saturated heterocycles. The normalized spacial score (nSPS) is 15.6. The number of nitrogens with one attached hydrogen (secondary N) is 1. The van der Waals surface area contributed by atoms with Gasteiger partial charge in [0.25, 0.3) is 0 Å². The number of aryl methyl sites for hydroxylation is 1. The Kier molecular flexibility index (Phi) is 4.09. The predicted molar refractivity (Wildman–Crippen MR) is 79.4 cm³/mol. The Bertz CT molecular complexity index is 432. The molecule has 0 radical (unpaired) electrons. The second-order valence-corrected chi connectivity index (χ2v) is 6.40. The lowest BCUT2D eigenvalue weighted by atomic mass is 10.1. The quantitative estimate of drug-likeness (QED) is 0.885. The Morgan fingerprint density at radius 2 is 2.05 bits per heavy atom. The van der Waals surface area contributed by atoms with Crippen LogP contribution in [0.2, 0.25) is 0 Å². The van der Waals surface area contributed by atoms with Gasteiger partial charge in [-0.2, -0.15) is 0 Å². The Hall–Kier alpha value is -1.16. The van der Waals surface area contributed by atoms with Crippen molar-refractivity contribution in [3.05, 3.63) is 17.5 Å². The highest BCUT2D eigenvalue weighted by atomic mass is 15.3. The molecule has 1 aliphatic carbocycles. The van der Waals surface area contributed by atoms with Gasteiger partial charge in [0.15, 0.2) is 0 Å². The second kappa shape index (κ2) is 5.45. The van der Waals surface area contributed by atoms with Crippen LogP contribution in [0.3, 0.4) is 0 Å². The van der Waals surface area contributed by atoms with E-state index >= 15 is 0 Å². The highest BCUT2D eigenvalue weighted by Gasteiger charge is 2.29. The average molecular weight is 262 g/mol. The van der Waals surface area contributed by atoms with Crippen molar-refractivity contribution < 1.29 is 0 Å². The molecule has 106 valence electrons. The van der Waals surface area contributed by atoms with Gasteiger partial charge in [-0.15, -0.1) is 0 Å². The fourth-order valence-corrected chi connectivity index (χ4v) is 2.10. The summed E-state index contributed by atoms with van der Waals surface area (Å²) in [5.41, 5.74) is 2.39. The van der Waals surface area contributed by atoms with Crippen LogP contribution in [0, 0.1) is 6.92 Å². The van der Waals surface area contributed by atoms with E-state index in [9.17, 15) is 0 Å². The van der Waals surface area contributed by atoms with Crippen LogP contribution in [0.25, 0.3) is 0 Å². The van der Waals surface area contributed by atoms with Crippen LogP contribution in [0.4, 0.5) is 5.95 Å². The zero-order valence-electron chi connectivity index (χ0n) is 12.8. The smallest absolute Gasteiger partial charge is 0.225 e. The summed E-state index contributed by atoms with van der Waals surface area (Å²) in [4.78, 5) is 11.5. The largest absolute Gasteiger partial charge is 0.338 e. The van der Waals surface area contributed by atoms with E-state index in [2.05, 4.69) is 54.8 Å². The molecule has 1 aliphatic rings. The maximum Gasteiger partial charge on any atom is 0.225 e. The highest BCUT2D eigenvalue weighted by Crippen LogP contribution is 2.29. The molecule has 0 unspecified atom stereocenters. The van der Waals surface area contributed by atoms with E-state index in [-0.39, 0.29) is 5.54 Å². The molecule has 1 aromatic heterocycles. The molecule has 0 aliphatic heterocycles. The van der Waals surface area contributed by atoms with E-state index in [1.165, 1.54) is 18.4 Å². The van der Waals surface area contributed by atoms with Crippen LogP contribution < -0.4 is 10.2 Å². The highest BCUT2D eigenvalue weighted by molar-refractivity contribution is 5.36. The lowest BCUT2D eigenvalue weighted by Crippen LogP contribution is -2.35. The molecule has 1 N–H and O–H groups in total. The molecular formula is C15H26N4. The molecule has 0 aromatic carbocycles. The van der Waals surface area contributed by atoms with Gasteiger partial charge in [-0.1, -0.05) is 0 Å². The third-order valence-corrected chi connectivity index (χ3v) is 3.46. The van der Waals surface area contributed by atoms with E-state index in [0.717, 1.165) is 24.7 Å². The summed E-state index contributed by atoms with van der Waals surface area (Å²) in [5.74, 6) is 0.891. The zero-order valence-corrected chi connectivity index (χ0v) is 12.8. The molecule has 0 atom stereocenters. The number of hydrogen-bond donors (Lipinski definition) is 1. The number of anilines is 1. The number of hydrogen-bond acceptors (Lipinski definition) is 4. The third kappa shape index (κ3) is 3.90. The van der Waals surface area contributed by atoms with Gasteiger partial charge in [-0.25, -0.2) is 9.97 Å². The van der Waals surface area contributed by atoms with Crippen molar-refractivity contribution in [2.75, 3.05) is 11.4 Å². The lowest BCUT2D eigenvalue weighted by Gasteiger charge is -2.23. The summed E-state index contributed by atoms with van der Waals surface area (Å²) in [6.07, 6.45) is 4.54. The Labute approximate surface area is 116 Å². The van der Waals surface area contributed by atoms with Crippen molar-refractivity contribution in [2.24, 2.45) is 0 Å². The second-order valence-electron chi connectivity index (χ2n) is 6.40. The Morgan fingerprint density at radius 1 is 1.37 bits per heavy atom. The minimum Gasteiger partial charge on any atom is -0.338 e. The molecule has 4 nitrogen and oxygen atoms in total. The monoisotopic (exact) mass is 262 g/mol. The van der Waals surface area contributed by atoms with E-state index in [4.69, 9.17) is 0 Å². The summed E-state index contributed by atoms with van der Waals surface area (Å²) in [5, 5.41) is 3.48. The summed E-state index contributed by atoms with van der Waals surface area (Å²) in [7, 11) is 0. The van der Waals surface area contributed by atoms with E-state index in [1.807, 2.05) is 6.20 Å². The van der Waals surface area contributed by atoms with E-state index < -0.39 is 0 Å². The Morgan fingerprint density at radius 3 is 2.53 bits per heavy atom. The van der Waals surface area contributed by atoms with Crippen molar-refractivity contribution in [1.82, 2.24) is 15.3 Å². The average Bonchev–Trinajstić information content (AvgIpc) is 3.12. The van der Waals surface area contributed by atoms with Gasteiger partial charge in [-0.3, -0.25) is 0 Å². The Balaban J connectivity index is 2.08. The number of nitrogens with zero attached hydrogens (tertiary/aromatic N) is 3. The molecular weight excluding hydrogens is 236 g/mol. The van der Waals surface area contributed by atoms with Crippen LogP contribution >= 0.6 is 0 Å². The van der Waals surface area contributed by atoms with E-state index in [1.54, 1.807) is 0 Å². The fraction of sp³-hybridized carbons (Fsp3) is 0.733. The minimum absolute atomic E-state index is 0.120. The van der Waals surface area contributed by atoms with Crippen LogP contribution in [0.1, 0.15) is 51.8 Å². The minimum atomic E-state index is 0.120. The lowest BCUT2D eigenvalue weighted by molar-refractivity contribution is 0.423. The van der Waals surface area contributed by atoms with Crippen LogP contribution in [-0.4, -0.2) is 28.1 Å². The maximum absolute atomic E-state index is 4.68. The van der Waals surface area contributed by atoms with Crippen LogP contribution in [0.15, 0.2) is 6.20 Å². The first-order valence-electron chi connectivity index (χ1n) is 7.25. The first-order chi connectivity index (χ1) is 8.90. The molecule has 1 heterocycles. The standard InChI is InChI=1S/C15H26N4/c1-6-19(13-7-8-13)14-16-9-12(11(2)18-14)10-17-15(3,4)5/h9,13,17H,6-8,10H2,1-5H3. The first kappa shape index (κ1) is 14.3. The van der Waals surface area contributed by atoms with Gasteiger partial charge in [-0.05, 0) is 47.5 Å². The van der Waals surface area contributed by atoms with Gasteiger partial charge in [0.2, 0.25) is 5.95 Å². The van der Waals surface area contributed by atoms with Crippen LogP contribution in [-0.2, 0) is 6.54 Å². The van der Waals surface area contributed by atoms with Gasteiger partial charge in [0, 0.05) is 42.1 Å². The van der Waals surface area contributed by atoms with Gasteiger partial charge < -0.3 is 10.2 Å². The number of rotatable bonds is 5. The van der Waals surface area contributed by atoms with Crippen LogP contribution in [0.5, 0.6) is 0 Å². The maximum atomic E-state index is 4.68. The molecule has 1 saturated carbocycles. The predicted octanol–water partition coefficient (Wildman–Crippen LogP) is 2.66. The molecule has 19 heavy (non-hydrogen) atoms. The summed E-state index contributed by atoms with van der Waals surface area (Å²) < 4.78 is 0. The molecule has 0 bridgehead atoms. The molecule has 4 heteroatoms. The third-order valence-electron chi connectivity index (χ3n) is 3.46.